The molecule has 6 heteroatoms. The van der Waals surface area contributed by atoms with Crippen molar-refractivity contribution in [2.75, 3.05) is 0 Å². The summed E-state index contributed by atoms with van der Waals surface area (Å²) in [5.74, 6) is 0.655. The fourth-order valence-electron chi connectivity index (χ4n) is 2.15. The Morgan fingerprint density at radius 2 is 1.84 bits per heavy atom. The van der Waals surface area contributed by atoms with Gasteiger partial charge in [0.25, 0.3) is 0 Å². The molecule has 0 bridgehead atoms. The maximum Gasteiger partial charge on any atom is 0.244 e. The van der Waals surface area contributed by atoms with Crippen molar-refractivity contribution in [2.45, 2.75) is 64.8 Å². The number of aryl methyl sites for hydroxylation is 2. The third-order valence-corrected chi connectivity index (χ3v) is 4.96. The molecule has 1 atom stereocenters. The van der Waals surface area contributed by atoms with Crippen LogP contribution in [0.1, 0.15) is 51.4 Å². The molecule has 0 aliphatic heterocycles. The quantitative estimate of drug-likeness (QED) is 0.809. The standard InChI is InChI=1S/C13H25N3O2S/c1-9(2)7-6-8-10(3)16-19(17,18)13-11(4)14-15-12(13)5/h9-10,16H,6-8H2,1-5H3,(H,14,15). The van der Waals surface area contributed by atoms with E-state index in [4.69, 9.17) is 0 Å². The van der Waals surface area contributed by atoms with Crippen molar-refractivity contribution in [1.29, 1.82) is 0 Å². The number of rotatable bonds is 7. The average Bonchev–Trinajstić information content (AvgIpc) is 2.57. The minimum atomic E-state index is -3.47. The molecule has 1 unspecified atom stereocenters. The summed E-state index contributed by atoms with van der Waals surface area (Å²) in [5.41, 5.74) is 1.10. The number of aromatic amines is 1. The van der Waals surface area contributed by atoms with Crippen LogP contribution < -0.4 is 4.72 Å². The Balaban J connectivity index is 2.65. The smallest absolute Gasteiger partial charge is 0.244 e. The van der Waals surface area contributed by atoms with Gasteiger partial charge in [0.05, 0.1) is 11.4 Å². The van der Waals surface area contributed by atoms with E-state index in [-0.39, 0.29) is 10.9 Å². The monoisotopic (exact) mass is 287 g/mol. The highest BCUT2D eigenvalue weighted by Crippen LogP contribution is 2.17. The molecule has 1 heterocycles. The zero-order valence-corrected chi connectivity index (χ0v) is 13.3. The van der Waals surface area contributed by atoms with Gasteiger partial charge in [0.15, 0.2) is 0 Å². The average molecular weight is 287 g/mol. The van der Waals surface area contributed by atoms with E-state index in [0.29, 0.717) is 17.3 Å². The molecule has 1 aromatic heterocycles. The third kappa shape index (κ3) is 4.62. The van der Waals surface area contributed by atoms with Crippen molar-refractivity contribution < 1.29 is 8.42 Å². The summed E-state index contributed by atoms with van der Waals surface area (Å²) >= 11 is 0. The number of hydrogen-bond donors (Lipinski definition) is 2. The van der Waals surface area contributed by atoms with Gasteiger partial charge in [-0.25, -0.2) is 13.1 Å². The lowest BCUT2D eigenvalue weighted by molar-refractivity contribution is 0.488. The second kappa shape index (κ2) is 6.52. The Morgan fingerprint density at radius 1 is 1.21 bits per heavy atom. The molecule has 0 aromatic carbocycles. The molecule has 5 nitrogen and oxygen atoms in total. The minimum absolute atomic E-state index is 0.0579. The molecule has 0 spiro atoms. The van der Waals surface area contributed by atoms with E-state index in [1.165, 1.54) is 0 Å². The summed E-state index contributed by atoms with van der Waals surface area (Å²) in [4.78, 5) is 0.281. The van der Waals surface area contributed by atoms with Gasteiger partial charge in [-0.1, -0.05) is 26.7 Å². The van der Waals surface area contributed by atoms with E-state index in [2.05, 4.69) is 28.8 Å². The van der Waals surface area contributed by atoms with Crippen LogP contribution in [0.5, 0.6) is 0 Å². The van der Waals surface area contributed by atoms with Crippen LogP contribution in [0.4, 0.5) is 0 Å². The molecule has 1 aromatic rings. The van der Waals surface area contributed by atoms with Crippen molar-refractivity contribution in [3.8, 4) is 0 Å². The predicted octanol–water partition coefficient (Wildman–Crippen LogP) is 2.52. The summed E-state index contributed by atoms with van der Waals surface area (Å²) in [6.07, 6.45) is 3.01. The second-order valence-corrected chi connectivity index (χ2v) is 7.26. The Bertz CT molecular complexity index is 486. The highest BCUT2D eigenvalue weighted by atomic mass is 32.2. The van der Waals surface area contributed by atoms with Crippen molar-refractivity contribution in [3.05, 3.63) is 11.4 Å². The molecule has 0 aliphatic rings. The molecule has 0 aliphatic carbocycles. The van der Waals surface area contributed by atoms with Gasteiger partial charge >= 0.3 is 0 Å². The lowest BCUT2D eigenvalue weighted by Gasteiger charge is -2.15. The first-order valence-corrected chi connectivity index (χ1v) is 8.26. The largest absolute Gasteiger partial charge is 0.281 e. The van der Waals surface area contributed by atoms with Crippen LogP contribution in [-0.4, -0.2) is 24.7 Å². The second-order valence-electron chi connectivity index (χ2n) is 5.61. The van der Waals surface area contributed by atoms with Crippen molar-refractivity contribution in [3.63, 3.8) is 0 Å². The Hall–Kier alpha value is -0.880. The molecule has 0 saturated heterocycles. The van der Waals surface area contributed by atoms with E-state index in [0.717, 1.165) is 19.3 Å². The van der Waals surface area contributed by atoms with Crippen molar-refractivity contribution in [1.82, 2.24) is 14.9 Å². The van der Waals surface area contributed by atoms with Crippen LogP contribution in [0, 0.1) is 19.8 Å². The Labute approximate surface area is 116 Å². The molecule has 2 N–H and O–H groups in total. The van der Waals surface area contributed by atoms with Crippen LogP contribution in [0.25, 0.3) is 0 Å². The van der Waals surface area contributed by atoms with Crippen molar-refractivity contribution >= 4 is 10.0 Å². The van der Waals surface area contributed by atoms with E-state index in [1.54, 1.807) is 13.8 Å². The summed E-state index contributed by atoms with van der Waals surface area (Å²) in [6, 6.07) is -0.0579. The predicted molar refractivity (Wildman–Crippen MR) is 76.5 cm³/mol. The molecule has 0 saturated carbocycles. The van der Waals surface area contributed by atoms with Gasteiger partial charge in [0.2, 0.25) is 10.0 Å². The summed E-state index contributed by atoms with van der Waals surface area (Å²) in [7, 11) is -3.47. The van der Waals surface area contributed by atoms with E-state index in [1.807, 2.05) is 6.92 Å². The number of hydrogen-bond acceptors (Lipinski definition) is 3. The fourth-order valence-corrected chi connectivity index (χ4v) is 3.80. The molecule has 0 fully saturated rings. The van der Waals surface area contributed by atoms with Crippen LogP contribution in [0.2, 0.25) is 0 Å². The van der Waals surface area contributed by atoms with E-state index >= 15 is 0 Å². The molecular formula is C13H25N3O2S. The van der Waals surface area contributed by atoms with Gasteiger partial charge in [-0.05, 0) is 33.1 Å². The maximum absolute atomic E-state index is 12.3. The fraction of sp³-hybridized carbons (Fsp3) is 0.769. The first-order valence-electron chi connectivity index (χ1n) is 6.78. The normalized spacial score (nSPS) is 14.0. The Kier molecular flexibility index (Phi) is 5.55. The molecule has 1 rings (SSSR count). The highest BCUT2D eigenvalue weighted by molar-refractivity contribution is 7.89. The van der Waals surface area contributed by atoms with Crippen LogP contribution in [-0.2, 0) is 10.0 Å². The first-order chi connectivity index (χ1) is 8.74. The van der Waals surface area contributed by atoms with Crippen molar-refractivity contribution in [2.24, 2.45) is 5.92 Å². The SMILES string of the molecule is Cc1n[nH]c(C)c1S(=O)(=O)NC(C)CCCC(C)C. The van der Waals surface area contributed by atoms with Gasteiger partial charge in [-0.15, -0.1) is 0 Å². The van der Waals surface area contributed by atoms with Gasteiger partial charge in [0, 0.05) is 6.04 Å². The number of nitrogens with zero attached hydrogens (tertiary/aromatic N) is 1. The van der Waals surface area contributed by atoms with Gasteiger partial charge in [0.1, 0.15) is 4.90 Å². The number of H-pyrrole nitrogens is 1. The zero-order chi connectivity index (χ0) is 14.6. The first kappa shape index (κ1) is 16.2. The van der Waals surface area contributed by atoms with E-state index < -0.39 is 10.0 Å². The Morgan fingerprint density at radius 3 is 2.32 bits per heavy atom. The van der Waals surface area contributed by atoms with Gasteiger partial charge in [-0.3, -0.25) is 5.10 Å². The molecule has 0 radical (unpaired) electrons. The number of nitrogens with one attached hydrogen (secondary N) is 2. The molecular weight excluding hydrogens is 262 g/mol. The number of sulfonamides is 1. The van der Waals surface area contributed by atoms with Crippen LogP contribution >= 0.6 is 0 Å². The minimum Gasteiger partial charge on any atom is -0.281 e. The van der Waals surface area contributed by atoms with E-state index in [9.17, 15) is 8.42 Å². The maximum atomic E-state index is 12.3. The topological polar surface area (TPSA) is 74.8 Å². The highest BCUT2D eigenvalue weighted by Gasteiger charge is 2.23. The summed E-state index contributed by atoms with van der Waals surface area (Å²) in [6.45, 7) is 9.67. The molecule has 110 valence electrons. The molecule has 19 heavy (non-hydrogen) atoms. The van der Waals surface area contributed by atoms with Gasteiger partial charge < -0.3 is 0 Å². The third-order valence-electron chi connectivity index (χ3n) is 3.10. The number of aromatic nitrogens is 2. The zero-order valence-electron chi connectivity index (χ0n) is 12.4. The summed E-state index contributed by atoms with van der Waals surface area (Å²) < 4.78 is 27.3. The molecule has 0 amide bonds. The van der Waals surface area contributed by atoms with Crippen LogP contribution in [0.3, 0.4) is 0 Å². The lowest BCUT2D eigenvalue weighted by Crippen LogP contribution is -2.33. The summed E-state index contributed by atoms with van der Waals surface area (Å²) in [5, 5.41) is 6.64. The van der Waals surface area contributed by atoms with Crippen LogP contribution in [0.15, 0.2) is 4.90 Å². The van der Waals surface area contributed by atoms with Gasteiger partial charge in [-0.2, -0.15) is 5.10 Å². The lowest BCUT2D eigenvalue weighted by atomic mass is 10.0.